The van der Waals surface area contributed by atoms with E-state index >= 15 is 0 Å². The fourth-order valence-electron chi connectivity index (χ4n) is 4.84. The SMILES string of the molecule is C=CCC[C@H]1CC[C@H](CCc2ccc(C#C[C@H]3CC[C@H](C#N)CC3)cc2)CC1. The Morgan fingerprint density at radius 3 is 2.07 bits per heavy atom. The van der Waals surface area contributed by atoms with Crippen LogP contribution in [0.3, 0.4) is 0 Å². The molecule has 0 radical (unpaired) electrons. The van der Waals surface area contributed by atoms with Gasteiger partial charge in [-0.25, -0.2) is 0 Å². The van der Waals surface area contributed by atoms with Gasteiger partial charge in [0.1, 0.15) is 0 Å². The van der Waals surface area contributed by atoms with Gasteiger partial charge in [0, 0.05) is 17.4 Å². The molecule has 0 atom stereocenters. The molecule has 0 aliphatic heterocycles. The minimum Gasteiger partial charge on any atom is -0.198 e. The number of nitriles is 1. The number of aryl methyl sites for hydroxylation is 1. The molecule has 0 saturated heterocycles. The molecule has 1 heteroatoms. The summed E-state index contributed by atoms with van der Waals surface area (Å²) in [6, 6.07) is 11.3. The predicted molar refractivity (Wildman–Crippen MR) is 118 cm³/mol. The zero-order valence-electron chi connectivity index (χ0n) is 17.3. The Balaban J connectivity index is 1.39. The first-order valence-electron chi connectivity index (χ1n) is 11.4. The van der Waals surface area contributed by atoms with E-state index in [1.54, 1.807) is 0 Å². The van der Waals surface area contributed by atoms with Crippen LogP contribution in [-0.4, -0.2) is 0 Å². The van der Waals surface area contributed by atoms with Crippen molar-refractivity contribution in [3.05, 3.63) is 48.0 Å². The largest absolute Gasteiger partial charge is 0.198 e. The summed E-state index contributed by atoms with van der Waals surface area (Å²) in [5.74, 6) is 9.41. The van der Waals surface area contributed by atoms with Gasteiger partial charge in [0.15, 0.2) is 0 Å². The third kappa shape index (κ3) is 6.56. The second kappa shape index (κ2) is 11.1. The molecule has 0 spiro atoms. The van der Waals surface area contributed by atoms with Crippen molar-refractivity contribution < 1.29 is 0 Å². The molecule has 2 saturated carbocycles. The quantitative estimate of drug-likeness (QED) is 0.386. The molecule has 1 nitrogen and oxygen atoms in total. The van der Waals surface area contributed by atoms with E-state index in [0.29, 0.717) is 5.92 Å². The number of benzene rings is 1. The van der Waals surface area contributed by atoms with Gasteiger partial charge in [-0.2, -0.15) is 5.26 Å². The summed E-state index contributed by atoms with van der Waals surface area (Å²) in [6.07, 6.45) is 17.0. The number of nitrogens with zero attached hydrogens (tertiary/aromatic N) is 1. The summed E-state index contributed by atoms with van der Waals surface area (Å²) in [5.41, 5.74) is 2.59. The molecular formula is C27H35N. The molecule has 148 valence electrons. The van der Waals surface area contributed by atoms with Gasteiger partial charge in [0.25, 0.3) is 0 Å². The number of hydrogen-bond acceptors (Lipinski definition) is 1. The molecule has 2 aliphatic carbocycles. The first-order chi connectivity index (χ1) is 13.8. The van der Waals surface area contributed by atoms with Crippen LogP contribution in [0.2, 0.25) is 0 Å². The van der Waals surface area contributed by atoms with E-state index in [1.807, 2.05) is 0 Å². The van der Waals surface area contributed by atoms with Gasteiger partial charge in [0.05, 0.1) is 6.07 Å². The van der Waals surface area contributed by atoms with Crippen molar-refractivity contribution in [2.45, 2.75) is 77.0 Å². The second-order valence-corrected chi connectivity index (χ2v) is 8.94. The summed E-state index contributed by atoms with van der Waals surface area (Å²) < 4.78 is 0. The fourth-order valence-corrected chi connectivity index (χ4v) is 4.84. The monoisotopic (exact) mass is 373 g/mol. The summed E-state index contributed by atoms with van der Waals surface area (Å²) in [7, 11) is 0. The Morgan fingerprint density at radius 2 is 1.46 bits per heavy atom. The molecule has 0 unspecified atom stereocenters. The molecule has 1 aromatic rings. The third-order valence-electron chi connectivity index (χ3n) is 6.87. The van der Waals surface area contributed by atoms with Gasteiger partial charge in [-0.3, -0.25) is 0 Å². The van der Waals surface area contributed by atoms with Crippen LogP contribution in [0.1, 0.15) is 81.8 Å². The Hall–Kier alpha value is -1.99. The van der Waals surface area contributed by atoms with Gasteiger partial charge in [-0.1, -0.05) is 55.7 Å². The van der Waals surface area contributed by atoms with E-state index in [0.717, 1.165) is 43.1 Å². The zero-order valence-corrected chi connectivity index (χ0v) is 17.3. The number of rotatable bonds is 6. The van der Waals surface area contributed by atoms with Crippen molar-refractivity contribution in [3.63, 3.8) is 0 Å². The minimum atomic E-state index is 0.263. The molecule has 0 aromatic heterocycles. The third-order valence-corrected chi connectivity index (χ3v) is 6.87. The molecule has 2 aliphatic rings. The summed E-state index contributed by atoms with van der Waals surface area (Å²) in [4.78, 5) is 0. The lowest BCUT2D eigenvalue weighted by Gasteiger charge is -2.28. The lowest BCUT2D eigenvalue weighted by atomic mass is 9.78. The summed E-state index contributed by atoms with van der Waals surface area (Å²) >= 11 is 0. The van der Waals surface area contributed by atoms with Crippen molar-refractivity contribution >= 4 is 0 Å². The van der Waals surface area contributed by atoms with Crippen molar-refractivity contribution in [2.75, 3.05) is 0 Å². The van der Waals surface area contributed by atoms with Gasteiger partial charge in [-0.05, 0) is 80.9 Å². The van der Waals surface area contributed by atoms with E-state index < -0.39 is 0 Å². The van der Waals surface area contributed by atoms with Gasteiger partial charge in [0.2, 0.25) is 0 Å². The van der Waals surface area contributed by atoms with E-state index in [9.17, 15) is 0 Å². The van der Waals surface area contributed by atoms with Gasteiger partial charge >= 0.3 is 0 Å². The highest BCUT2D eigenvalue weighted by Crippen LogP contribution is 2.34. The molecule has 1 aromatic carbocycles. The standard InChI is InChI=1S/C27H35N/c1-2-3-4-22-5-7-23(8-6-22)9-10-24-11-13-25(14-12-24)15-16-26-17-19-27(21-28)20-18-26/h2,11-14,22-23,26-27H,1,3-10,17-20H2/t22-,23-,26-,27-. The highest BCUT2D eigenvalue weighted by molar-refractivity contribution is 5.36. The maximum absolute atomic E-state index is 8.99. The number of hydrogen-bond donors (Lipinski definition) is 0. The van der Waals surface area contributed by atoms with Crippen LogP contribution in [0.25, 0.3) is 0 Å². The maximum Gasteiger partial charge on any atom is 0.0655 e. The van der Waals surface area contributed by atoms with Crippen LogP contribution >= 0.6 is 0 Å². The van der Waals surface area contributed by atoms with Crippen molar-refractivity contribution in [3.8, 4) is 17.9 Å². The highest BCUT2D eigenvalue weighted by atomic mass is 14.3. The lowest BCUT2D eigenvalue weighted by Crippen LogP contribution is -2.15. The molecule has 2 fully saturated rings. The van der Waals surface area contributed by atoms with Crippen LogP contribution in [0.15, 0.2) is 36.9 Å². The fraction of sp³-hybridized carbons (Fsp3) is 0.593. The van der Waals surface area contributed by atoms with Crippen molar-refractivity contribution in [1.29, 1.82) is 5.26 Å². The molecular weight excluding hydrogens is 338 g/mol. The first-order valence-corrected chi connectivity index (χ1v) is 11.4. The topological polar surface area (TPSA) is 23.8 Å². The second-order valence-electron chi connectivity index (χ2n) is 8.94. The van der Waals surface area contributed by atoms with E-state index in [4.69, 9.17) is 5.26 Å². The van der Waals surface area contributed by atoms with Crippen LogP contribution < -0.4 is 0 Å². The van der Waals surface area contributed by atoms with Gasteiger partial charge < -0.3 is 0 Å². The van der Waals surface area contributed by atoms with E-state index in [2.05, 4.69) is 54.8 Å². The maximum atomic E-state index is 8.99. The molecule has 28 heavy (non-hydrogen) atoms. The summed E-state index contributed by atoms with van der Waals surface area (Å²) in [6.45, 7) is 3.85. The lowest BCUT2D eigenvalue weighted by molar-refractivity contribution is 0.254. The highest BCUT2D eigenvalue weighted by Gasteiger charge is 2.20. The Morgan fingerprint density at radius 1 is 0.857 bits per heavy atom. The Kier molecular flexibility index (Phi) is 8.23. The average Bonchev–Trinajstić information content (AvgIpc) is 2.76. The van der Waals surface area contributed by atoms with Gasteiger partial charge in [-0.15, -0.1) is 6.58 Å². The predicted octanol–water partition coefficient (Wildman–Crippen LogP) is 7.07. The molecule has 3 rings (SSSR count). The van der Waals surface area contributed by atoms with Crippen LogP contribution in [0.5, 0.6) is 0 Å². The molecule has 0 amide bonds. The van der Waals surface area contributed by atoms with E-state index in [1.165, 1.54) is 56.9 Å². The molecule has 0 heterocycles. The van der Waals surface area contributed by atoms with Crippen molar-refractivity contribution in [1.82, 2.24) is 0 Å². The van der Waals surface area contributed by atoms with Crippen molar-refractivity contribution in [2.24, 2.45) is 23.7 Å². The molecule has 0 bridgehead atoms. The van der Waals surface area contributed by atoms with E-state index in [-0.39, 0.29) is 5.92 Å². The Bertz CT molecular complexity index is 695. The smallest absolute Gasteiger partial charge is 0.0655 e. The normalized spacial score (nSPS) is 27.2. The Labute approximate surface area is 172 Å². The van der Waals surface area contributed by atoms with Crippen LogP contribution in [0, 0.1) is 46.8 Å². The number of allylic oxidation sites excluding steroid dienone is 1. The average molecular weight is 374 g/mol. The zero-order chi connectivity index (χ0) is 19.6. The summed E-state index contributed by atoms with van der Waals surface area (Å²) in [5, 5.41) is 8.99. The first kappa shape index (κ1) is 20.7. The van der Waals surface area contributed by atoms with Crippen LogP contribution in [0.4, 0.5) is 0 Å². The van der Waals surface area contributed by atoms with Crippen LogP contribution in [-0.2, 0) is 6.42 Å². The minimum absolute atomic E-state index is 0.263. The molecule has 0 N–H and O–H groups in total.